The van der Waals surface area contributed by atoms with Gasteiger partial charge in [0.2, 0.25) is 0 Å². The summed E-state index contributed by atoms with van der Waals surface area (Å²) in [5, 5.41) is 1.70. The van der Waals surface area contributed by atoms with Crippen molar-refractivity contribution in [3.8, 4) is 0 Å². The molecule has 0 atom stereocenters. The highest BCUT2D eigenvalue weighted by Gasteiger charge is 2.15. The molecule has 0 aromatic carbocycles. The number of hydrogen-bond acceptors (Lipinski definition) is 5. The number of halogens is 1. The normalized spacial score (nSPS) is 11.3. The molecular weight excluding hydrogens is 314 g/mol. The maximum atomic E-state index is 11.8. The van der Waals surface area contributed by atoms with E-state index in [1.807, 2.05) is 0 Å². The van der Waals surface area contributed by atoms with E-state index in [1.54, 1.807) is 11.4 Å². The van der Waals surface area contributed by atoms with Crippen molar-refractivity contribution < 1.29 is 8.42 Å². The zero-order valence-electron chi connectivity index (χ0n) is 7.79. The summed E-state index contributed by atoms with van der Waals surface area (Å²) in [5.41, 5.74) is 0. The van der Waals surface area contributed by atoms with Crippen LogP contribution in [0.4, 0.5) is 5.82 Å². The second kappa shape index (κ2) is 4.48. The van der Waals surface area contributed by atoms with Gasteiger partial charge in [0.05, 0.1) is 12.4 Å². The van der Waals surface area contributed by atoms with Crippen molar-refractivity contribution in [1.82, 2.24) is 9.97 Å². The first-order chi connectivity index (χ1) is 7.58. The lowest BCUT2D eigenvalue weighted by molar-refractivity contribution is 0.603. The third-order valence-electron chi connectivity index (χ3n) is 1.62. The van der Waals surface area contributed by atoms with Crippen LogP contribution < -0.4 is 4.72 Å². The van der Waals surface area contributed by atoms with Crippen molar-refractivity contribution in [1.29, 1.82) is 0 Å². The zero-order valence-corrected chi connectivity index (χ0v) is 11.0. The number of anilines is 1. The van der Waals surface area contributed by atoms with Crippen LogP contribution in [-0.4, -0.2) is 18.4 Å². The largest absolute Gasteiger partial charge is 0.272 e. The molecule has 2 rings (SSSR count). The Morgan fingerprint density at radius 1 is 1.31 bits per heavy atom. The highest BCUT2D eigenvalue weighted by atomic mass is 79.9. The van der Waals surface area contributed by atoms with Crippen molar-refractivity contribution in [3.63, 3.8) is 0 Å². The van der Waals surface area contributed by atoms with E-state index < -0.39 is 10.0 Å². The topological polar surface area (TPSA) is 72.0 Å². The van der Waals surface area contributed by atoms with Crippen LogP contribution in [-0.2, 0) is 10.0 Å². The van der Waals surface area contributed by atoms with Crippen LogP contribution in [0.2, 0.25) is 0 Å². The van der Waals surface area contributed by atoms with E-state index in [2.05, 4.69) is 30.6 Å². The maximum absolute atomic E-state index is 11.8. The van der Waals surface area contributed by atoms with E-state index in [-0.39, 0.29) is 10.0 Å². The monoisotopic (exact) mass is 319 g/mol. The Morgan fingerprint density at radius 2 is 2.12 bits per heavy atom. The molecule has 0 aliphatic rings. The molecule has 8 heteroatoms. The predicted octanol–water partition coefficient (Wildman–Crippen LogP) is 2.10. The Balaban J connectivity index is 2.25. The minimum atomic E-state index is -3.53. The van der Waals surface area contributed by atoms with Gasteiger partial charge in [0, 0.05) is 0 Å². The van der Waals surface area contributed by atoms with Gasteiger partial charge >= 0.3 is 0 Å². The van der Waals surface area contributed by atoms with E-state index in [9.17, 15) is 8.42 Å². The van der Waals surface area contributed by atoms with Crippen molar-refractivity contribution in [2.75, 3.05) is 4.72 Å². The molecule has 0 saturated heterocycles. The molecule has 5 nitrogen and oxygen atoms in total. The van der Waals surface area contributed by atoms with E-state index in [0.717, 1.165) is 11.3 Å². The number of nitrogens with one attached hydrogen (secondary N) is 1. The zero-order chi connectivity index (χ0) is 11.6. The van der Waals surface area contributed by atoms with Crippen molar-refractivity contribution in [3.05, 3.63) is 34.5 Å². The Bertz CT molecular complexity index is 566. The number of thiophene rings is 1. The summed E-state index contributed by atoms with van der Waals surface area (Å²) in [5.74, 6) is 0.191. The van der Waals surface area contributed by atoms with Gasteiger partial charge in [0.25, 0.3) is 10.0 Å². The summed E-state index contributed by atoms with van der Waals surface area (Å²) in [6, 6.07) is 3.20. The number of hydrogen-bond donors (Lipinski definition) is 1. The van der Waals surface area contributed by atoms with Crippen LogP contribution in [0.5, 0.6) is 0 Å². The fourth-order valence-electron chi connectivity index (χ4n) is 0.969. The lowest BCUT2D eigenvalue weighted by Gasteiger charge is -2.04. The minimum Gasteiger partial charge on any atom is -0.261 e. The molecule has 0 unspecified atom stereocenters. The standard InChI is InChI=1S/C8H6BrN3O2S2/c9-6-4-11-7(5-10-6)12-16(13,14)8-2-1-3-15-8/h1-5H,(H,11,12). The number of nitrogens with zero attached hydrogens (tertiary/aromatic N) is 2. The quantitative estimate of drug-likeness (QED) is 0.940. The molecule has 0 saturated carbocycles. The molecule has 2 aromatic rings. The van der Waals surface area contributed by atoms with Gasteiger partial charge in [-0.1, -0.05) is 6.07 Å². The Labute approximate surface area is 105 Å². The van der Waals surface area contributed by atoms with Gasteiger partial charge in [-0.15, -0.1) is 11.3 Å². The average Bonchev–Trinajstić information content (AvgIpc) is 2.75. The third-order valence-corrected chi connectivity index (χ3v) is 4.78. The average molecular weight is 320 g/mol. The lowest BCUT2D eigenvalue weighted by Crippen LogP contribution is -2.12. The minimum absolute atomic E-state index is 0.191. The first-order valence-corrected chi connectivity index (χ1v) is 7.27. The van der Waals surface area contributed by atoms with E-state index in [4.69, 9.17) is 0 Å². The van der Waals surface area contributed by atoms with Crippen LogP contribution in [0.25, 0.3) is 0 Å². The highest BCUT2D eigenvalue weighted by molar-refractivity contribution is 9.10. The fraction of sp³-hybridized carbons (Fsp3) is 0. The summed E-state index contributed by atoms with van der Waals surface area (Å²) in [7, 11) is -3.53. The molecular formula is C8H6BrN3O2S2. The van der Waals surface area contributed by atoms with Gasteiger partial charge in [-0.3, -0.25) is 4.72 Å². The van der Waals surface area contributed by atoms with E-state index in [1.165, 1.54) is 18.5 Å². The second-order valence-corrected chi connectivity index (χ2v) is 6.43. The van der Waals surface area contributed by atoms with Crippen LogP contribution in [0.3, 0.4) is 0 Å². The van der Waals surface area contributed by atoms with Crippen molar-refractivity contribution >= 4 is 43.1 Å². The fourth-order valence-corrected chi connectivity index (χ4v) is 3.16. The smallest absolute Gasteiger partial charge is 0.261 e. The molecule has 84 valence electrons. The molecule has 0 spiro atoms. The molecule has 0 aliphatic carbocycles. The summed E-state index contributed by atoms with van der Waals surface area (Å²) in [6.07, 6.45) is 2.77. The maximum Gasteiger partial charge on any atom is 0.272 e. The van der Waals surface area contributed by atoms with Crippen LogP contribution in [0, 0.1) is 0 Å². The van der Waals surface area contributed by atoms with Crippen molar-refractivity contribution in [2.45, 2.75) is 4.21 Å². The van der Waals surface area contributed by atoms with E-state index in [0.29, 0.717) is 4.60 Å². The molecule has 0 amide bonds. The second-order valence-electron chi connectivity index (χ2n) is 2.76. The first-order valence-electron chi connectivity index (χ1n) is 4.12. The number of rotatable bonds is 3. The molecule has 2 aromatic heterocycles. The van der Waals surface area contributed by atoms with Gasteiger partial charge < -0.3 is 0 Å². The Kier molecular flexibility index (Phi) is 3.22. The summed E-state index contributed by atoms with van der Waals surface area (Å²) < 4.78 is 26.7. The van der Waals surface area contributed by atoms with Gasteiger partial charge in [-0.25, -0.2) is 18.4 Å². The van der Waals surface area contributed by atoms with Gasteiger partial charge in [0.15, 0.2) is 5.82 Å². The Hall–Kier alpha value is -0.990. The third kappa shape index (κ3) is 2.57. The summed E-state index contributed by atoms with van der Waals surface area (Å²) in [4.78, 5) is 7.75. The molecule has 16 heavy (non-hydrogen) atoms. The number of sulfonamides is 1. The molecule has 0 fully saturated rings. The molecule has 2 heterocycles. The molecule has 0 radical (unpaired) electrons. The van der Waals surface area contributed by atoms with Gasteiger partial charge in [-0.05, 0) is 27.4 Å². The summed E-state index contributed by atoms with van der Waals surface area (Å²) >= 11 is 4.26. The highest BCUT2D eigenvalue weighted by Crippen LogP contribution is 2.18. The SMILES string of the molecule is O=S(=O)(Nc1cnc(Br)cn1)c1cccs1. The van der Waals surface area contributed by atoms with Crippen LogP contribution in [0.15, 0.2) is 38.7 Å². The van der Waals surface area contributed by atoms with Crippen molar-refractivity contribution in [2.24, 2.45) is 0 Å². The predicted molar refractivity (Wildman–Crippen MR) is 64.9 cm³/mol. The summed E-state index contributed by atoms with van der Waals surface area (Å²) in [6.45, 7) is 0. The van der Waals surface area contributed by atoms with Crippen LogP contribution >= 0.6 is 27.3 Å². The number of aromatic nitrogens is 2. The molecule has 1 N–H and O–H groups in total. The van der Waals surface area contributed by atoms with Gasteiger partial charge in [0.1, 0.15) is 8.81 Å². The Morgan fingerprint density at radius 3 is 2.69 bits per heavy atom. The lowest BCUT2D eigenvalue weighted by atomic mass is 10.7. The molecule has 0 aliphatic heterocycles. The van der Waals surface area contributed by atoms with Gasteiger partial charge in [-0.2, -0.15) is 0 Å². The first kappa shape index (κ1) is 11.5. The van der Waals surface area contributed by atoms with Crippen LogP contribution in [0.1, 0.15) is 0 Å². The molecule has 0 bridgehead atoms. The van der Waals surface area contributed by atoms with E-state index >= 15 is 0 Å².